The molecular weight excluding hydrogens is 378 g/mol. The lowest BCUT2D eigenvalue weighted by atomic mass is 10.0. The van der Waals surface area contributed by atoms with Crippen molar-refractivity contribution < 1.29 is 9.59 Å². The van der Waals surface area contributed by atoms with Gasteiger partial charge in [0.25, 0.3) is 5.91 Å². The lowest BCUT2D eigenvalue weighted by Gasteiger charge is -2.29. The number of aromatic nitrogens is 1. The number of thiazole rings is 1. The van der Waals surface area contributed by atoms with Crippen molar-refractivity contribution in [3.05, 3.63) is 50.4 Å². The predicted molar refractivity (Wildman–Crippen MR) is 92.4 cm³/mol. The Morgan fingerprint density at radius 2 is 2.13 bits per heavy atom. The summed E-state index contributed by atoms with van der Waals surface area (Å²) in [7, 11) is 0. The lowest BCUT2D eigenvalue weighted by Crippen LogP contribution is -2.36. The Morgan fingerprint density at radius 1 is 1.39 bits per heavy atom. The third kappa shape index (κ3) is 3.45. The number of carbonyl (C=O) groups is 2. The summed E-state index contributed by atoms with van der Waals surface area (Å²) in [6, 6.07) is 9.44. The molecule has 2 aromatic rings. The van der Waals surface area contributed by atoms with Crippen LogP contribution >= 0.6 is 27.3 Å². The monoisotopic (exact) mass is 393 g/mol. The molecule has 5 nitrogen and oxygen atoms in total. The number of hydrogen-bond acceptors (Lipinski definition) is 4. The highest BCUT2D eigenvalue weighted by molar-refractivity contribution is 9.11. The van der Waals surface area contributed by atoms with Crippen LogP contribution in [0.25, 0.3) is 0 Å². The number of carbonyl (C=O) groups excluding carboxylic acids is 2. The van der Waals surface area contributed by atoms with Gasteiger partial charge in [-0.2, -0.15) is 0 Å². The van der Waals surface area contributed by atoms with E-state index in [2.05, 4.69) is 26.2 Å². The zero-order valence-electron chi connectivity index (χ0n) is 12.6. The van der Waals surface area contributed by atoms with Gasteiger partial charge in [0.15, 0.2) is 3.92 Å². The molecular formula is C16H16BrN3O2S. The summed E-state index contributed by atoms with van der Waals surface area (Å²) < 4.78 is 0.693. The van der Waals surface area contributed by atoms with Crippen LogP contribution in [0.3, 0.4) is 0 Å². The van der Waals surface area contributed by atoms with Crippen LogP contribution < -0.4 is 5.32 Å². The first-order chi connectivity index (χ1) is 11.1. The van der Waals surface area contributed by atoms with Crippen molar-refractivity contribution in [2.24, 2.45) is 0 Å². The van der Waals surface area contributed by atoms with Crippen LogP contribution in [0.2, 0.25) is 0 Å². The van der Waals surface area contributed by atoms with Gasteiger partial charge in [-0.05, 0) is 28.4 Å². The van der Waals surface area contributed by atoms with Crippen molar-refractivity contribution in [2.45, 2.75) is 19.4 Å². The molecule has 1 aromatic heterocycles. The highest BCUT2D eigenvalue weighted by Crippen LogP contribution is 2.30. The van der Waals surface area contributed by atoms with Crippen LogP contribution in [0.5, 0.6) is 0 Å². The van der Waals surface area contributed by atoms with E-state index in [4.69, 9.17) is 0 Å². The Kier molecular flexibility index (Phi) is 4.77. The molecule has 0 unspecified atom stereocenters. The van der Waals surface area contributed by atoms with Crippen molar-refractivity contribution in [3.63, 3.8) is 0 Å². The van der Waals surface area contributed by atoms with E-state index in [0.29, 0.717) is 27.6 Å². The summed E-state index contributed by atoms with van der Waals surface area (Å²) in [4.78, 5) is 31.7. The van der Waals surface area contributed by atoms with Gasteiger partial charge < -0.3 is 10.2 Å². The average molecular weight is 394 g/mol. The molecule has 2 amide bonds. The lowest BCUT2D eigenvalue weighted by molar-refractivity contribution is -0.121. The molecule has 1 aliphatic rings. The minimum absolute atomic E-state index is 0.0311. The SMILES string of the molecule is Cc1nc(Br)sc1C(=O)N1CCNC(=O)C[C@@H]1c1ccccc1. The van der Waals surface area contributed by atoms with E-state index >= 15 is 0 Å². The Bertz CT molecular complexity index is 732. The average Bonchev–Trinajstić information content (AvgIpc) is 2.76. The molecule has 0 bridgehead atoms. The van der Waals surface area contributed by atoms with Gasteiger partial charge in [0.05, 0.1) is 18.2 Å². The highest BCUT2D eigenvalue weighted by atomic mass is 79.9. The van der Waals surface area contributed by atoms with Gasteiger partial charge in [-0.3, -0.25) is 9.59 Å². The molecule has 1 aliphatic heterocycles. The maximum atomic E-state index is 13.0. The van der Waals surface area contributed by atoms with Gasteiger partial charge in [0.2, 0.25) is 5.91 Å². The minimum Gasteiger partial charge on any atom is -0.354 e. The molecule has 1 saturated heterocycles. The molecule has 0 radical (unpaired) electrons. The van der Waals surface area contributed by atoms with Crippen molar-refractivity contribution in [2.75, 3.05) is 13.1 Å². The summed E-state index contributed by atoms with van der Waals surface area (Å²) >= 11 is 4.66. The van der Waals surface area contributed by atoms with Gasteiger partial charge in [-0.25, -0.2) is 4.98 Å². The first-order valence-electron chi connectivity index (χ1n) is 7.32. The van der Waals surface area contributed by atoms with Crippen LogP contribution in [-0.4, -0.2) is 34.8 Å². The molecule has 7 heteroatoms. The third-order valence-electron chi connectivity index (χ3n) is 3.84. The number of nitrogens with one attached hydrogen (secondary N) is 1. The van der Waals surface area contributed by atoms with Gasteiger partial charge in [0, 0.05) is 13.1 Å². The molecule has 0 spiro atoms. The number of nitrogens with zero attached hydrogens (tertiary/aromatic N) is 2. The van der Waals surface area contributed by atoms with Crippen molar-refractivity contribution in [1.29, 1.82) is 0 Å². The Labute approximate surface area is 146 Å². The third-order valence-corrected chi connectivity index (χ3v) is 5.44. The Morgan fingerprint density at radius 3 is 2.78 bits per heavy atom. The van der Waals surface area contributed by atoms with Gasteiger partial charge in [-0.15, -0.1) is 11.3 Å². The van der Waals surface area contributed by atoms with Crippen molar-refractivity contribution in [3.8, 4) is 0 Å². The molecule has 3 rings (SSSR count). The first-order valence-corrected chi connectivity index (χ1v) is 8.92. The predicted octanol–water partition coefficient (Wildman–Crippen LogP) is 2.92. The fourth-order valence-corrected chi connectivity index (χ4v) is 4.24. The second kappa shape index (κ2) is 6.80. The van der Waals surface area contributed by atoms with Gasteiger partial charge >= 0.3 is 0 Å². The second-order valence-corrected chi connectivity index (χ2v) is 7.64. The van der Waals surface area contributed by atoms with E-state index in [1.54, 1.807) is 4.90 Å². The molecule has 23 heavy (non-hydrogen) atoms. The molecule has 0 saturated carbocycles. The molecule has 1 N–H and O–H groups in total. The molecule has 1 fully saturated rings. The van der Waals surface area contributed by atoms with E-state index in [9.17, 15) is 9.59 Å². The summed E-state index contributed by atoms with van der Waals surface area (Å²) in [6.07, 6.45) is 0.273. The molecule has 2 heterocycles. The normalized spacial score (nSPS) is 18.4. The largest absolute Gasteiger partial charge is 0.354 e. The number of rotatable bonds is 2. The van der Waals surface area contributed by atoms with Crippen LogP contribution in [0.1, 0.15) is 33.4 Å². The van der Waals surface area contributed by atoms with Crippen LogP contribution in [-0.2, 0) is 4.79 Å². The topological polar surface area (TPSA) is 62.3 Å². The molecule has 0 aliphatic carbocycles. The van der Waals surface area contributed by atoms with Crippen LogP contribution in [0.15, 0.2) is 34.2 Å². The number of halogens is 1. The number of aryl methyl sites for hydroxylation is 1. The van der Waals surface area contributed by atoms with E-state index in [-0.39, 0.29) is 24.3 Å². The van der Waals surface area contributed by atoms with Crippen LogP contribution in [0, 0.1) is 6.92 Å². The van der Waals surface area contributed by atoms with Crippen molar-refractivity contribution >= 4 is 39.1 Å². The molecule has 1 atom stereocenters. The quantitative estimate of drug-likeness (QED) is 0.852. The highest BCUT2D eigenvalue weighted by Gasteiger charge is 2.32. The fourth-order valence-electron chi connectivity index (χ4n) is 2.74. The summed E-state index contributed by atoms with van der Waals surface area (Å²) in [5, 5.41) is 2.85. The Hall–Kier alpha value is -1.73. The smallest absolute Gasteiger partial charge is 0.266 e. The maximum absolute atomic E-state index is 13.0. The molecule has 1 aromatic carbocycles. The van der Waals surface area contributed by atoms with Crippen molar-refractivity contribution in [1.82, 2.24) is 15.2 Å². The number of hydrogen-bond donors (Lipinski definition) is 1. The van der Waals surface area contributed by atoms with Crippen LogP contribution in [0.4, 0.5) is 0 Å². The van der Waals surface area contributed by atoms with E-state index in [0.717, 1.165) is 5.56 Å². The number of benzene rings is 1. The fraction of sp³-hybridized carbons (Fsp3) is 0.312. The number of amides is 2. The second-order valence-electron chi connectivity index (χ2n) is 5.36. The zero-order valence-corrected chi connectivity index (χ0v) is 15.0. The molecule has 120 valence electrons. The Balaban J connectivity index is 1.97. The summed E-state index contributed by atoms with van der Waals surface area (Å²) in [6.45, 7) is 2.78. The standard InChI is InChI=1S/C16H16BrN3O2S/c1-10-14(23-16(17)19-10)15(22)20-8-7-18-13(21)9-12(20)11-5-3-2-4-6-11/h2-6,12H,7-9H2,1H3,(H,18,21)/t12-/m1/s1. The maximum Gasteiger partial charge on any atom is 0.266 e. The van der Waals surface area contributed by atoms with Gasteiger partial charge in [0.1, 0.15) is 4.88 Å². The summed E-state index contributed by atoms with van der Waals surface area (Å²) in [5.74, 6) is -0.104. The van der Waals surface area contributed by atoms with E-state index in [1.165, 1.54) is 11.3 Å². The van der Waals surface area contributed by atoms with E-state index in [1.807, 2.05) is 37.3 Å². The van der Waals surface area contributed by atoms with E-state index < -0.39 is 0 Å². The minimum atomic E-state index is -0.258. The zero-order chi connectivity index (χ0) is 16.4. The summed E-state index contributed by atoms with van der Waals surface area (Å²) in [5.41, 5.74) is 1.68. The van der Waals surface area contributed by atoms with Gasteiger partial charge in [-0.1, -0.05) is 30.3 Å². The first kappa shape index (κ1) is 16.1.